The smallest absolute Gasteiger partial charge is 0.126 e. The van der Waals surface area contributed by atoms with Crippen molar-refractivity contribution in [2.75, 3.05) is 0 Å². The Morgan fingerprint density at radius 1 is 1.50 bits per heavy atom. The highest BCUT2D eigenvalue weighted by Gasteiger charge is 2.38. The molecule has 2 rings (SSSR count). The second kappa shape index (κ2) is 3.31. The van der Waals surface area contributed by atoms with Gasteiger partial charge in [0.15, 0.2) is 0 Å². The van der Waals surface area contributed by atoms with Crippen LogP contribution in [0.4, 0.5) is 4.39 Å². The summed E-state index contributed by atoms with van der Waals surface area (Å²) in [5.41, 5.74) is 7.47. The van der Waals surface area contributed by atoms with Gasteiger partial charge in [-0.05, 0) is 49.4 Å². The minimum absolute atomic E-state index is 0.129. The van der Waals surface area contributed by atoms with Gasteiger partial charge in [0.05, 0.1) is 0 Å². The van der Waals surface area contributed by atoms with Crippen molar-refractivity contribution in [3.63, 3.8) is 0 Å². The maximum absolute atomic E-state index is 13.5. The molecule has 3 heteroatoms. The Morgan fingerprint density at radius 3 is 2.71 bits per heavy atom. The first-order valence-corrected chi connectivity index (χ1v) is 5.53. The molecule has 0 atom stereocenters. The molecule has 1 nitrogen and oxygen atoms in total. The quantitative estimate of drug-likeness (QED) is 0.867. The van der Waals surface area contributed by atoms with E-state index in [1.54, 1.807) is 6.07 Å². The Kier molecular flexibility index (Phi) is 2.40. The van der Waals surface area contributed by atoms with Crippen LogP contribution in [0, 0.1) is 12.7 Å². The van der Waals surface area contributed by atoms with Gasteiger partial charge in [0.2, 0.25) is 0 Å². The summed E-state index contributed by atoms with van der Waals surface area (Å²) in [6, 6.07) is 3.41. The van der Waals surface area contributed by atoms with Crippen LogP contribution >= 0.6 is 15.9 Å². The summed E-state index contributed by atoms with van der Waals surface area (Å²) in [5, 5.41) is 0. The van der Waals surface area contributed by atoms with Crippen molar-refractivity contribution in [3.8, 4) is 0 Å². The predicted molar refractivity (Wildman–Crippen MR) is 58.7 cm³/mol. The summed E-state index contributed by atoms with van der Waals surface area (Å²) in [7, 11) is 0. The lowest BCUT2D eigenvalue weighted by atomic mass is 10.0. The number of nitrogens with two attached hydrogens (primary N) is 1. The van der Waals surface area contributed by atoms with Gasteiger partial charge in [-0.25, -0.2) is 4.39 Å². The number of rotatable bonds is 2. The van der Waals surface area contributed by atoms with E-state index in [0.717, 1.165) is 28.4 Å². The van der Waals surface area contributed by atoms with Crippen LogP contribution in [0.2, 0.25) is 0 Å². The molecule has 0 amide bonds. The van der Waals surface area contributed by atoms with Crippen molar-refractivity contribution in [3.05, 3.63) is 33.5 Å². The highest BCUT2D eigenvalue weighted by Crippen LogP contribution is 2.36. The lowest BCUT2D eigenvalue weighted by molar-refractivity contribution is 0.581. The highest BCUT2D eigenvalue weighted by atomic mass is 79.9. The van der Waals surface area contributed by atoms with E-state index in [1.807, 2.05) is 13.0 Å². The Morgan fingerprint density at radius 2 is 2.14 bits per heavy atom. The number of benzene rings is 1. The van der Waals surface area contributed by atoms with Gasteiger partial charge in [-0.2, -0.15) is 0 Å². The minimum Gasteiger partial charge on any atom is -0.325 e. The molecule has 76 valence electrons. The Labute approximate surface area is 91.6 Å². The van der Waals surface area contributed by atoms with Crippen molar-refractivity contribution in [2.24, 2.45) is 5.73 Å². The molecule has 1 aliphatic carbocycles. The minimum atomic E-state index is -0.137. The van der Waals surface area contributed by atoms with Crippen molar-refractivity contribution >= 4 is 15.9 Å². The molecule has 0 aromatic heterocycles. The Bertz CT molecular complexity index is 372. The van der Waals surface area contributed by atoms with Crippen LogP contribution in [0.15, 0.2) is 16.6 Å². The molecule has 2 N–H and O–H groups in total. The fourth-order valence-electron chi connectivity index (χ4n) is 1.54. The maximum atomic E-state index is 13.5. The van der Waals surface area contributed by atoms with Crippen LogP contribution in [0.5, 0.6) is 0 Å². The van der Waals surface area contributed by atoms with E-state index in [9.17, 15) is 4.39 Å². The Balaban J connectivity index is 2.29. The lowest BCUT2D eigenvalue weighted by Crippen LogP contribution is -2.25. The van der Waals surface area contributed by atoms with Crippen LogP contribution in [0.1, 0.15) is 24.0 Å². The van der Waals surface area contributed by atoms with Gasteiger partial charge in [0.25, 0.3) is 0 Å². The molecule has 1 fully saturated rings. The second-order valence-electron chi connectivity index (χ2n) is 4.23. The first-order chi connectivity index (χ1) is 6.50. The number of aryl methyl sites for hydroxylation is 1. The predicted octanol–water partition coefficient (Wildman–Crippen LogP) is 2.93. The maximum Gasteiger partial charge on any atom is 0.126 e. The molecule has 0 radical (unpaired) electrons. The highest BCUT2D eigenvalue weighted by molar-refractivity contribution is 9.10. The summed E-state index contributed by atoms with van der Waals surface area (Å²) in [5.74, 6) is -0.137. The summed E-state index contributed by atoms with van der Waals surface area (Å²) in [4.78, 5) is 0. The van der Waals surface area contributed by atoms with Gasteiger partial charge < -0.3 is 5.73 Å². The van der Waals surface area contributed by atoms with Crippen molar-refractivity contribution in [1.82, 2.24) is 0 Å². The standard InChI is InChI=1S/C11H13BrFN/c1-7-4-10(13)8(5-9(7)12)6-11(14)2-3-11/h4-5H,2-3,6,14H2,1H3. The third-order valence-electron chi connectivity index (χ3n) is 2.76. The largest absolute Gasteiger partial charge is 0.325 e. The van der Waals surface area contributed by atoms with E-state index in [4.69, 9.17) is 5.73 Å². The zero-order chi connectivity index (χ0) is 10.3. The molecule has 0 spiro atoms. The molecule has 0 saturated heterocycles. The summed E-state index contributed by atoms with van der Waals surface area (Å²) in [6.45, 7) is 1.88. The van der Waals surface area contributed by atoms with Gasteiger partial charge >= 0.3 is 0 Å². The van der Waals surface area contributed by atoms with Crippen molar-refractivity contribution < 1.29 is 4.39 Å². The van der Waals surface area contributed by atoms with Gasteiger partial charge in [-0.3, -0.25) is 0 Å². The van der Waals surface area contributed by atoms with Crippen molar-refractivity contribution in [1.29, 1.82) is 0 Å². The van der Waals surface area contributed by atoms with E-state index in [1.165, 1.54) is 0 Å². The molecule has 0 aliphatic heterocycles. The molecule has 1 aromatic rings. The Hall–Kier alpha value is -0.410. The van der Waals surface area contributed by atoms with Gasteiger partial charge in [-0.1, -0.05) is 15.9 Å². The van der Waals surface area contributed by atoms with Crippen LogP contribution < -0.4 is 5.73 Å². The zero-order valence-corrected chi connectivity index (χ0v) is 9.70. The molecule has 14 heavy (non-hydrogen) atoms. The monoisotopic (exact) mass is 257 g/mol. The van der Waals surface area contributed by atoms with E-state index in [2.05, 4.69) is 15.9 Å². The first-order valence-electron chi connectivity index (χ1n) is 4.74. The van der Waals surface area contributed by atoms with Gasteiger partial charge in [-0.15, -0.1) is 0 Å². The normalized spacial score (nSPS) is 18.3. The summed E-state index contributed by atoms with van der Waals surface area (Å²) in [6.07, 6.45) is 2.67. The third-order valence-corrected chi connectivity index (χ3v) is 3.62. The summed E-state index contributed by atoms with van der Waals surface area (Å²) < 4.78 is 14.5. The molecule has 1 aliphatic rings. The topological polar surface area (TPSA) is 26.0 Å². The second-order valence-corrected chi connectivity index (χ2v) is 5.09. The molecular formula is C11H13BrFN. The number of hydrogen-bond donors (Lipinski definition) is 1. The average molecular weight is 258 g/mol. The van der Waals surface area contributed by atoms with Gasteiger partial charge in [0, 0.05) is 10.0 Å². The molecule has 1 aromatic carbocycles. The zero-order valence-electron chi connectivity index (χ0n) is 8.11. The third kappa shape index (κ3) is 1.98. The van der Waals surface area contributed by atoms with E-state index in [-0.39, 0.29) is 11.4 Å². The number of hydrogen-bond acceptors (Lipinski definition) is 1. The molecular weight excluding hydrogens is 245 g/mol. The molecule has 0 unspecified atom stereocenters. The van der Waals surface area contributed by atoms with E-state index < -0.39 is 0 Å². The van der Waals surface area contributed by atoms with Crippen LogP contribution in [0.25, 0.3) is 0 Å². The molecule has 0 bridgehead atoms. The SMILES string of the molecule is Cc1cc(F)c(CC2(N)CC2)cc1Br. The first kappa shape index (κ1) is 10.1. The average Bonchev–Trinajstić information content (AvgIpc) is 2.80. The lowest BCUT2D eigenvalue weighted by Gasteiger charge is -2.10. The summed E-state index contributed by atoms with van der Waals surface area (Å²) >= 11 is 3.40. The van der Waals surface area contributed by atoms with Gasteiger partial charge in [0.1, 0.15) is 5.82 Å². The van der Waals surface area contributed by atoms with E-state index >= 15 is 0 Å². The van der Waals surface area contributed by atoms with Crippen LogP contribution in [-0.4, -0.2) is 5.54 Å². The van der Waals surface area contributed by atoms with Crippen LogP contribution in [0.3, 0.4) is 0 Å². The fourth-order valence-corrected chi connectivity index (χ4v) is 1.93. The van der Waals surface area contributed by atoms with Crippen molar-refractivity contribution in [2.45, 2.75) is 31.7 Å². The van der Waals surface area contributed by atoms with E-state index in [0.29, 0.717) is 6.42 Å². The molecule has 1 saturated carbocycles. The van der Waals surface area contributed by atoms with Crippen LogP contribution in [-0.2, 0) is 6.42 Å². The number of halogens is 2. The fraction of sp³-hybridized carbons (Fsp3) is 0.455. The molecule has 0 heterocycles.